The van der Waals surface area contributed by atoms with Crippen molar-refractivity contribution in [1.29, 1.82) is 0 Å². The van der Waals surface area contributed by atoms with E-state index in [-0.39, 0.29) is 5.91 Å². The SMILES string of the molecule is C[C@]1(C(N)=O)CCCN1Cc1ccccc1. The van der Waals surface area contributed by atoms with Gasteiger partial charge in [-0.15, -0.1) is 0 Å². The van der Waals surface area contributed by atoms with Crippen molar-refractivity contribution in [2.75, 3.05) is 6.54 Å². The molecule has 0 spiro atoms. The fraction of sp³-hybridized carbons (Fsp3) is 0.462. The zero-order chi connectivity index (χ0) is 11.6. The molecule has 0 bridgehead atoms. The average molecular weight is 218 g/mol. The number of hydrogen-bond donors (Lipinski definition) is 1. The summed E-state index contributed by atoms with van der Waals surface area (Å²) in [6.45, 7) is 3.71. The van der Waals surface area contributed by atoms with E-state index in [0.29, 0.717) is 0 Å². The Kier molecular flexibility index (Phi) is 2.97. The van der Waals surface area contributed by atoms with Crippen LogP contribution in [0.2, 0.25) is 0 Å². The smallest absolute Gasteiger partial charge is 0.237 e. The highest BCUT2D eigenvalue weighted by Gasteiger charge is 2.41. The van der Waals surface area contributed by atoms with E-state index in [2.05, 4.69) is 17.0 Å². The molecule has 3 nitrogen and oxygen atoms in total. The van der Waals surface area contributed by atoms with Crippen LogP contribution in [0.3, 0.4) is 0 Å². The lowest BCUT2D eigenvalue weighted by Gasteiger charge is -2.32. The minimum Gasteiger partial charge on any atom is -0.368 e. The first-order valence-corrected chi connectivity index (χ1v) is 5.72. The minimum atomic E-state index is -0.462. The maximum Gasteiger partial charge on any atom is 0.237 e. The Morgan fingerprint density at radius 2 is 2.12 bits per heavy atom. The zero-order valence-electron chi connectivity index (χ0n) is 9.65. The summed E-state index contributed by atoms with van der Waals surface area (Å²) in [5.41, 5.74) is 6.27. The van der Waals surface area contributed by atoms with Crippen LogP contribution in [0.15, 0.2) is 30.3 Å². The molecule has 1 aliphatic heterocycles. The standard InChI is InChI=1S/C13H18N2O/c1-13(12(14)16)8-5-9-15(13)10-11-6-3-2-4-7-11/h2-4,6-7H,5,8-10H2,1H3,(H2,14,16)/t13-/m1/s1. The van der Waals surface area contributed by atoms with Gasteiger partial charge in [-0.2, -0.15) is 0 Å². The molecule has 1 saturated heterocycles. The van der Waals surface area contributed by atoms with Crippen LogP contribution in [0.25, 0.3) is 0 Å². The predicted octanol–water partition coefficient (Wildman–Crippen LogP) is 1.53. The van der Waals surface area contributed by atoms with Crippen LogP contribution in [0.5, 0.6) is 0 Å². The summed E-state index contributed by atoms with van der Waals surface area (Å²) >= 11 is 0. The van der Waals surface area contributed by atoms with Crippen LogP contribution in [-0.4, -0.2) is 22.9 Å². The van der Waals surface area contributed by atoms with Gasteiger partial charge >= 0.3 is 0 Å². The molecule has 1 aromatic rings. The Balaban J connectivity index is 2.13. The molecule has 1 heterocycles. The molecule has 1 aliphatic rings. The summed E-state index contributed by atoms with van der Waals surface area (Å²) in [6, 6.07) is 10.2. The van der Waals surface area contributed by atoms with Crippen LogP contribution in [0.1, 0.15) is 25.3 Å². The second kappa shape index (κ2) is 4.26. The number of likely N-dealkylation sites (tertiary alicyclic amines) is 1. The highest BCUT2D eigenvalue weighted by molar-refractivity contribution is 5.84. The lowest BCUT2D eigenvalue weighted by atomic mass is 9.98. The number of carbonyl (C=O) groups excluding carboxylic acids is 1. The van der Waals surface area contributed by atoms with Gasteiger partial charge in [0.15, 0.2) is 0 Å². The lowest BCUT2D eigenvalue weighted by Crippen LogP contribution is -2.51. The molecule has 0 aliphatic carbocycles. The third kappa shape index (κ3) is 1.95. The Labute approximate surface area is 96.2 Å². The van der Waals surface area contributed by atoms with Crippen molar-refractivity contribution in [3.05, 3.63) is 35.9 Å². The number of rotatable bonds is 3. The molecule has 0 radical (unpaired) electrons. The second-order valence-corrected chi connectivity index (χ2v) is 4.65. The van der Waals surface area contributed by atoms with Crippen LogP contribution in [0.4, 0.5) is 0 Å². The quantitative estimate of drug-likeness (QED) is 0.836. The van der Waals surface area contributed by atoms with E-state index in [1.54, 1.807) is 0 Å². The number of benzene rings is 1. The minimum absolute atomic E-state index is 0.207. The fourth-order valence-corrected chi connectivity index (χ4v) is 2.36. The van der Waals surface area contributed by atoms with E-state index in [4.69, 9.17) is 5.73 Å². The lowest BCUT2D eigenvalue weighted by molar-refractivity contribution is -0.127. The summed E-state index contributed by atoms with van der Waals surface area (Å²) in [6.07, 6.45) is 1.92. The van der Waals surface area contributed by atoms with Gasteiger partial charge in [0.25, 0.3) is 0 Å². The first-order valence-electron chi connectivity index (χ1n) is 5.72. The topological polar surface area (TPSA) is 46.3 Å². The zero-order valence-corrected chi connectivity index (χ0v) is 9.65. The molecule has 1 atom stereocenters. The van der Waals surface area contributed by atoms with Gasteiger partial charge in [0.05, 0.1) is 5.54 Å². The molecule has 3 heteroatoms. The molecule has 16 heavy (non-hydrogen) atoms. The molecule has 0 unspecified atom stereocenters. The van der Waals surface area contributed by atoms with E-state index < -0.39 is 5.54 Å². The van der Waals surface area contributed by atoms with Crippen molar-refractivity contribution < 1.29 is 4.79 Å². The third-order valence-corrected chi connectivity index (χ3v) is 3.54. The molecule has 2 rings (SSSR count). The molecular weight excluding hydrogens is 200 g/mol. The summed E-state index contributed by atoms with van der Waals surface area (Å²) in [4.78, 5) is 13.7. The van der Waals surface area contributed by atoms with Gasteiger partial charge in [-0.1, -0.05) is 30.3 Å². The molecule has 2 N–H and O–H groups in total. The van der Waals surface area contributed by atoms with Gasteiger partial charge in [-0.3, -0.25) is 9.69 Å². The van der Waals surface area contributed by atoms with Crippen LogP contribution in [0, 0.1) is 0 Å². The predicted molar refractivity (Wildman–Crippen MR) is 63.7 cm³/mol. The van der Waals surface area contributed by atoms with E-state index in [1.807, 2.05) is 25.1 Å². The van der Waals surface area contributed by atoms with Gasteiger partial charge in [0.2, 0.25) is 5.91 Å². The monoisotopic (exact) mass is 218 g/mol. The van der Waals surface area contributed by atoms with E-state index in [1.165, 1.54) is 5.56 Å². The van der Waals surface area contributed by atoms with Gasteiger partial charge in [0, 0.05) is 6.54 Å². The molecule has 0 aromatic heterocycles. The van der Waals surface area contributed by atoms with Gasteiger partial charge in [-0.05, 0) is 31.9 Å². The molecule has 86 valence electrons. The van der Waals surface area contributed by atoms with Crippen molar-refractivity contribution >= 4 is 5.91 Å². The van der Waals surface area contributed by atoms with Crippen molar-refractivity contribution in [3.63, 3.8) is 0 Å². The first kappa shape index (κ1) is 11.1. The summed E-state index contributed by atoms with van der Waals surface area (Å²) in [5.74, 6) is -0.207. The van der Waals surface area contributed by atoms with Gasteiger partial charge < -0.3 is 5.73 Å². The maximum atomic E-state index is 11.5. The molecule has 1 fully saturated rings. The molecule has 0 saturated carbocycles. The van der Waals surface area contributed by atoms with Crippen molar-refractivity contribution in [2.24, 2.45) is 5.73 Å². The van der Waals surface area contributed by atoms with E-state index >= 15 is 0 Å². The third-order valence-electron chi connectivity index (χ3n) is 3.54. The largest absolute Gasteiger partial charge is 0.368 e. The fourth-order valence-electron chi connectivity index (χ4n) is 2.36. The number of primary amides is 1. The van der Waals surface area contributed by atoms with E-state index in [9.17, 15) is 4.79 Å². The number of carbonyl (C=O) groups is 1. The Morgan fingerprint density at radius 3 is 2.75 bits per heavy atom. The highest BCUT2D eigenvalue weighted by Crippen LogP contribution is 2.30. The number of hydrogen-bond acceptors (Lipinski definition) is 2. The average Bonchev–Trinajstić information content (AvgIpc) is 2.63. The van der Waals surface area contributed by atoms with E-state index in [0.717, 1.165) is 25.9 Å². The molecule has 1 aromatic carbocycles. The van der Waals surface area contributed by atoms with Gasteiger partial charge in [0.1, 0.15) is 0 Å². The Hall–Kier alpha value is -1.35. The highest BCUT2D eigenvalue weighted by atomic mass is 16.1. The van der Waals surface area contributed by atoms with Crippen molar-refractivity contribution in [1.82, 2.24) is 4.90 Å². The van der Waals surface area contributed by atoms with Crippen LogP contribution < -0.4 is 5.73 Å². The second-order valence-electron chi connectivity index (χ2n) is 4.65. The number of nitrogens with zero attached hydrogens (tertiary/aromatic N) is 1. The number of amides is 1. The Morgan fingerprint density at radius 1 is 1.44 bits per heavy atom. The van der Waals surface area contributed by atoms with Crippen molar-refractivity contribution in [3.8, 4) is 0 Å². The maximum absolute atomic E-state index is 11.5. The Bertz CT molecular complexity index is 377. The number of nitrogens with two attached hydrogens (primary N) is 1. The first-order chi connectivity index (χ1) is 7.63. The van der Waals surface area contributed by atoms with Crippen LogP contribution >= 0.6 is 0 Å². The van der Waals surface area contributed by atoms with Crippen LogP contribution in [-0.2, 0) is 11.3 Å². The van der Waals surface area contributed by atoms with Gasteiger partial charge in [-0.25, -0.2) is 0 Å². The summed E-state index contributed by atoms with van der Waals surface area (Å²) in [5, 5.41) is 0. The normalized spacial score (nSPS) is 25.8. The molecule has 1 amide bonds. The summed E-state index contributed by atoms with van der Waals surface area (Å²) < 4.78 is 0. The molecular formula is C13H18N2O. The van der Waals surface area contributed by atoms with Crippen molar-refractivity contribution in [2.45, 2.75) is 31.8 Å². The summed E-state index contributed by atoms with van der Waals surface area (Å²) in [7, 11) is 0.